The number of rotatable bonds is 6. The van der Waals surface area contributed by atoms with Crippen molar-refractivity contribution >= 4 is 17.8 Å². The predicted molar refractivity (Wildman–Crippen MR) is 142 cm³/mol. The number of aliphatic imine (C=N–C) groups is 1. The summed E-state index contributed by atoms with van der Waals surface area (Å²) in [5.74, 6) is -1.46. The van der Waals surface area contributed by atoms with Crippen LogP contribution in [-0.4, -0.2) is 53.9 Å². The minimum atomic E-state index is -0.815. The maximum atomic E-state index is 14.0. The van der Waals surface area contributed by atoms with E-state index in [0.717, 1.165) is 16.7 Å². The zero-order valence-electron chi connectivity index (χ0n) is 21.7. The van der Waals surface area contributed by atoms with E-state index in [1.54, 1.807) is 13.8 Å². The number of amides is 1. The fraction of sp³-hybridized carbons (Fsp3) is 0.258. The van der Waals surface area contributed by atoms with Gasteiger partial charge in [0.1, 0.15) is 5.70 Å². The Morgan fingerprint density at radius 2 is 1.44 bits per heavy atom. The summed E-state index contributed by atoms with van der Waals surface area (Å²) in [6.07, 6.45) is -1.45. The third-order valence-electron chi connectivity index (χ3n) is 6.91. The van der Waals surface area contributed by atoms with Gasteiger partial charge in [-0.15, -0.1) is 0 Å². The van der Waals surface area contributed by atoms with Gasteiger partial charge in [-0.3, -0.25) is 9.69 Å². The van der Waals surface area contributed by atoms with Gasteiger partial charge in [0.15, 0.2) is 17.9 Å². The fourth-order valence-electron chi connectivity index (χ4n) is 4.82. The van der Waals surface area contributed by atoms with Crippen LogP contribution >= 0.6 is 0 Å². The molecule has 3 aromatic rings. The van der Waals surface area contributed by atoms with E-state index < -0.39 is 30.1 Å². The molecule has 1 amide bonds. The Labute approximate surface area is 226 Å². The van der Waals surface area contributed by atoms with E-state index in [-0.39, 0.29) is 24.8 Å². The first-order valence-corrected chi connectivity index (χ1v) is 12.8. The van der Waals surface area contributed by atoms with Crippen LogP contribution in [0.2, 0.25) is 0 Å². The number of hydrogen-bond acceptors (Lipinski definition) is 7. The molecule has 0 radical (unpaired) electrons. The van der Waals surface area contributed by atoms with Crippen LogP contribution in [0.15, 0.2) is 107 Å². The zero-order valence-corrected chi connectivity index (χ0v) is 21.7. The van der Waals surface area contributed by atoms with Gasteiger partial charge in [-0.1, -0.05) is 78.9 Å². The molecule has 2 atom stereocenters. The van der Waals surface area contributed by atoms with Crippen molar-refractivity contribution in [2.45, 2.75) is 38.0 Å². The molecule has 2 fully saturated rings. The Morgan fingerprint density at radius 1 is 0.897 bits per heavy atom. The number of β-lactam (4-membered cyclic amide) rings is 1. The van der Waals surface area contributed by atoms with Crippen molar-refractivity contribution in [3.8, 4) is 0 Å². The smallest absolute Gasteiger partial charge is 0.356 e. The van der Waals surface area contributed by atoms with Crippen LogP contribution in [0.5, 0.6) is 0 Å². The molecule has 3 heterocycles. The Bertz CT molecular complexity index is 1380. The van der Waals surface area contributed by atoms with E-state index in [0.29, 0.717) is 11.5 Å². The van der Waals surface area contributed by atoms with Crippen molar-refractivity contribution < 1.29 is 28.5 Å². The van der Waals surface area contributed by atoms with Crippen LogP contribution < -0.4 is 0 Å². The van der Waals surface area contributed by atoms with Gasteiger partial charge in [0.05, 0.1) is 13.2 Å². The second-order valence-electron chi connectivity index (χ2n) is 10.00. The highest BCUT2D eigenvalue weighted by molar-refractivity contribution is 6.05. The lowest BCUT2D eigenvalue weighted by molar-refractivity contribution is -0.227. The largest absolute Gasteiger partial charge is 0.450 e. The lowest BCUT2D eigenvalue weighted by atomic mass is 10.00. The summed E-state index contributed by atoms with van der Waals surface area (Å²) in [5.41, 5.74) is 2.94. The van der Waals surface area contributed by atoms with Gasteiger partial charge in [-0.2, -0.15) is 0 Å². The predicted octanol–water partition coefficient (Wildman–Crippen LogP) is 4.37. The lowest BCUT2D eigenvalue weighted by Crippen LogP contribution is -2.63. The first-order chi connectivity index (χ1) is 18.9. The molecule has 0 aromatic heterocycles. The Morgan fingerprint density at radius 3 is 2.00 bits per heavy atom. The second-order valence-corrected chi connectivity index (χ2v) is 10.00. The van der Waals surface area contributed by atoms with Gasteiger partial charge in [0.2, 0.25) is 12.1 Å². The van der Waals surface area contributed by atoms with E-state index in [1.165, 1.54) is 4.90 Å². The molecule has 0 saturated carbocycles. The number of ether oxygens (including phenoxy) is 4. The topological polar surface area (TPSA) is 86.7 Å². The normalized spacial score (nSPS) is 21.5. The first kappa shape index (κ1) is 25.0. The molecule has 3 aromatic carbocycles. The van der Waals surface area contributed by atoms with Crippen LogP contribution in [0.25, 0.3) is 0 Å². The van der Waals surface area contributed by atoms with Crippen LogP contribution in [0.4, 0.5) is 0 Å². The van der Waals surface area contributed by atoms with Crippen molar-refractivity contribution in [2.24, 2.45) is 4.99 Å². The van der Waals surface area contributed by atoms with Gasteiger partial charge in [-0.25, -0.2) is 9.79 Å². The standard InChI is InChI=1S/C31H28N2O6/c1-31(2)36-18-23(19-37-31)25(33-28(34)24-29(33)39-27(32-24)22-16-10-5-11-17-22)30(35)38-26(20-12-6-3-7-13-20)21-14-8-4-9-15-21/h3-17,24,26,29H,18-19H2,1-2H3/t24-,29-/m0/s1. The summed E-state index contributed by atoms with van der Waals surface area (Å²) in [6.45, 7) is 3.81. The van der Waals surface area contributed by atoms with Crippen LogP contribution in [0.1, 0.15) is 36.6 Å². The first-order valence-electron chi connectivity index (χ1n) is 12.8. The fourth-order valence-corrected chi connectivity index (χ4v) is 4.82. The summed E-state index contributed by atoms with van der Waals surface area (Å²) >= 11 is 0. The summed E-state index contributed by atoms with van der Waals surface area (Å²) < 4.78 is 23.9. The third kappa shape index (κ3) is 4.84. The minimum Gasteiger partial charge on any atom is -0.450 e. The van der Waals surface area contributed by atoms with Crippen molar-refractivity contribution in [1.82, 2.24) is 4.90 Å². The molecule has 6 rings (SSSR count). The number of fused-ring (bicyclic) bond motifs is 1. The monoisotopic (exact) mass is 524 g/mol. The molecule has 0 spiro atoms. The van der Waals surface area contributed by atoms with Crippen molar-refractivity contribution in [3.05, 3.63) is 119 Å². The molecule has 3 aliphatic rings. The second kappa shape index (κ2) is 10.1. The third-order valence-corrected chi connectivity index (χ3v) is 6.91. The molecule has 8 heteroatoms. The zero-order chi connectivity index (χ0) is 27.0. The van der Waals surface area contributed by atoms with Gasteiger partial charge in [-0.05, 0) is 37.1 Å². The van der Waals surface area contributed by atoms with E-state index in [4.69, 9.17) is 18.9 Å². The summed E-state index contributed by atoms with van der Waals surface area (Å²) in [4.78, 5) is 33.2. The van der Waals surface area contributed by atoms with Gasteiger partial charge < -0.3 is 18.9 Å². The number of benzene rings is 3. The molecule has 8 nitrogen and oxygen atoms in total. The molecule has 3 aliphatic heterocycles. The minimum absolute atomic E-state index is 0.0677. The lowest BCUT2D eigenvalue weighted by Gasteiger charge is -2.42. The molecule has 0 N–H and O–H groups in total. The number of carbonyl (C=O) groups is 2. The number of likely N-dealkylation sites (tertiary alicyclic amines) is 1. The highest BCUT2D eigenvalue weighted by Crippen LogP contribution is 2.38. The molecule has 2 saturated heterocycles. The van der Waals surface area contributed by atoms with Crippen molar-refractivity contribution in [1.29, 1.82) is 0 Å². The van der Waals surface area contributed by atoms with E-state index in [9.17, 15) is 9.59 Å². The van der Waals surface area contributed by atoms with E-state index >= 15 is 0 Å². The Hall–Kier alpha value is -4.27. The van der Waals surface area contributed by atoms with Crippen LogP contribution in [-0.2, 0) is 28.5 Å². The SMILES string of the molecule is CC1(C)OCC(=C(C(=O)OC(c2ccccc2)c2ccccc2)N2C(=O)[C@@H]3N=C(c4ccccc4)O[C@@H]32)CO1. The quantitative estimate of drug-likeness (QED) is 0.270. The van der Waals surface area contributed by atoms with E-state index in [2.05, 4.69) is 4.99 Å². The summed E-state index contributed by atoms with van der Waals surface area (Å²) in [6, 6.07) is 27.6. The Balaban J connectivity index is 1.33. The summed E-state index contributed by atoms with van der Waals surface area (Å²) in [5, 5.41) is 0. The average Bonchev–Trinajstić information content (AvgIpc) is 3.36. The number of carbonyl (C=O) groups excluding carboxylic acids is 2. The number of esters is 1. The molecule has 0 aliphatic carbocycles. The molecule has 39 heavy (non-hydrogen) atoms. The van der Waals surface area contributed by atoms with Gasteiger partial charge in [0, 0.05) is 11.1 Å². The molecular weight excluding hydrogens is 496 g/mol. The maximum Gasteiger partial charge on any atom is 0.356 e. The molecule has 198 valence electrons. The molecular formula is C31H28N2O6. The van der Waals surface area contributed by atoms with Gasteiger partial charge >= 0.3 is 5.97 Å². The number of nitrogens with zero attached hydrogens (tertiary/aromatic N) is 2. The maximum absolute atomic E-state index is 14.0. The van der Waals surface area contributed by atoms with Gasteiger partial charge in [0.25, 0.3) is 5.91 Å². The molecule has 0 bridgehead atoms. The van der Waals surface area contributed by atoms with Crippen LogP contribution in [0.3, 0.4) is 0 Å². The highest BCUT2D eigenvalue weighted by Gasteiger charge is 2.57. The number of hydrogen-bond donors (Lipinski definition) is 0. The van der Waals surface area contributed by atoms with Crippen molar-refractivity contribution in [2.75, 3.05) is 13.2 Å². The van der Waals surface area contributed by atoms with Crippen LogP contribution in [0, 0.1) is 0 Å². The Kier molecular flexibility index (Phi) is 6.50. The highest BCUT2D eigenvalue weighted by atomic mass is 16.7. The average molecular weight is 525 g/mol. The summed E-state index contributed by atoms with van der Waals surface area (Å²) in [7, 11) is 0. The van der Waals surface area contributed by atoms with E-state index in [1.807, 2.05) is 91.0 Å². The van der Waals surface area contributed by atoms with Crippen molar-refractivity contribution in [3.63, 3.8) is 0 Å². The molecule has 0 unspecified atom stereocenters.